The topological polar surface area (TPSA) is 75.4 Å². The second-order valence-corrected chi connectivity index (χ2v) is 6.34. The van der Waals surface area contributed by atoms with Crippen molar-refractivity contribution in [3.05, 3.63) is 54.6 Å². The average Bonchev–Trinajstić information content (AvgIpc) is 2.63. The summed E-state index contributed by atoms with van der Waals surface area (Å²) in [6, 6.07) is 17.3. The molecule has 0 spiro atoms. The number of para-hydroxylation sites is 1. The van der Waals surface area contributed by atoms with Crippen molar-refractivity contribution in [2.45, 2.75) is 25.3 Å². The van der Waals surface area contributed by atoms with Crippen LogP contribution < -0.4 is 11.1 Å². The highest BCUT2D eigenvalue weighted by Gasteiger charge is 2.28. The molecule has 5 nitrogen and oxygen atoms in total. The molecule has 2 aromatic rings. The Hall–Kier alpha value is -2.66. The Balaban J connectivity index is 1.72. The van der Waals surface area contributed by atoms with Crippen LogP contribution in [0.3, 0.4) is 0 Å². The summed E-state index contributed by atoms with van der Waals surface area (Å²) in [5.41, 5.74) is 8.26. The van der Waals surface area contributed by atoms with Crippen molar-refractivity contribution in [3.63, 3.8) is 0 Å². The number of nitrogens with two attached hydrogens (primary N) is 1. The molecule has 0 radical (unpaired) electrons. The lowest BCUT2D eigenvalue weighted by molar-refractivity contribution is -0.126. The quantitative estimate of drug-likeness (QED) is 0.881. The smallest absolute Gasteiger partial charge is 0.238 e. The van der Waals surface area contributed by atoms with E-state index in [-0.39, 0.29) is 24.4 Å². The molecule has 0 aliphatic carbocycles. The van der Waals surface area contributed by atoms with E-state index in [0.29, 0.717) is 0 Å². The lowest BCUT2D eigenvalue weighted by atomic mass is 10.0. The Morgan fingerprint density at radius 3 is 2.52 bits per heavy atom. The summed E-state index contributed by atoms with van der Waals surface area (Å²) in [5.74, 6) is -0.478. The second kappa shape index (κ2) is 7.94. The van der Waals surface area contributed by atoms with Crippen molar-refractivity contribution in [2.75, 3.05) is 18.4 Å². The maximum absolute atomic E-state index is 12.5. The molecule has 0 saturated carbocycles. The van der Waals surface area contributed by atoms with E-state index in [1.165, 1.54) is 0 Å². The number of anilines is 1. The Morgan fingerprint density at radius 2 is 1.76 bits per heavy atom. The third-order valence-electron chi connectivity index (χ3n) is 4.57. The minimum absolute atomic E-state index is 0.128. The number of nitrogens with one attached hydrogen (secondary N) is 1. The molecule has 1 fully saturated rings. The maximum Gasteiger partial charge on any atom is 0.238 e. The van der Waals surface area contributed by atoms with Crippen LogP contribution in [-0.2, 0) is 9.59 Å². The molecule has 1 aliphatic rings. The molecule has 25 heavy (non-hydrogen) atoms. The first kappa shape index (κ1) is 17.2. The summed E-state index contributed by atoms with van der Waals surface area (Å²) in [6.45, 7) is 0.901. The Kier molecular flexibility index (Phi) is 5.46. The number of amides is 2. The van der Waals surface area contributed by atoms with Crippen molar-refractivity contribution in [1.82, 2.24) is 4.90 Å². The molecule has 3 rings (SSSR count). The normalized spacial score (nSPS) is 17.8. The third-order valence-corrected chi connectivity index (χ3v) is 4.57. The standard InChI is InChI=1S/C20H23N3O2/c21-20(25)18-12-6-7-13-23(18)14-19(24)22-17-11-5-4-10-16(17)15-8-2-1-3-9-15/h1-5,8-11,18H,6-7,12-14H2,(H2,21,25)(H,22,24)/t18-/m0/s1. The molecular weight excluding hydrogens is 314 g/mol. The van der Waals surface area contributed by atoms with Gasteiger partial charge in [-0.05, 0) is 31.0 Å². The number of nitrogens with zero attached hydrogens (tertiary/aromatic N) is 1. The minimum Gasteiger partial charge on any atom is -0.368 e. The monoisotopic (exact) mass is 337 g/mol. The van der Waals surface area contributed by atoms with Gasteiger partial charge in [-0.25, -0.2) is 0 Å². The molecule has 0 unspecified atom stereocenters. The predicted molar refractivity (Wildman–Crippen MR) is 98.9 cm³/mol. The van der Waals surface area contributed by atoms with E-state index in [9.17, 15) is 9.59 Å². The number of primary amides is 1. The van der Waals surface area contributed by atoms with Crippen molar-refractivity contribution in [2.24, 2.45) is 5.73 Å². The van der Waals surface area contributed by atoms with Crippen LogP contribution in [0.1, 0.15) is 19.3 Å². The van der Waals surface area contributed by atoms with Gasteiger partial charge in [0.2, 0.25) is 11.8 Å². The first-order chi connectivity index (χ1) is 12.1. The summed E-state index contributed by atoms with van der Waals surface area (Å²) in [4.78, 5) is 26.0. The van der Waals surface area contributed by atoms with Crippen molar-refractivity contribution in [1.29, 1.82) is 0 Å². The molecule has 2 amide bonds. The van der Waals surface area contributed by atoms with Crippen LogP contribution in [-0.4, -0.2) is 35.8 Å². The Morgan fingerprint density at radius 1 is 1.04 bits per heavy atom. The molecule has 0 aromatic heterocycles. The molecule has 0 bridgehead atoms. The van der Waals surface area contributed by atoms with Crippen LogP contribution in [0.5, 0.6) is 0 Å². The number of hydrogen-bond donors (Lipinski definition) is 2. The van der Waals surface area contributed by atoms with Gasteiger partial charge in [-0.15, -0.1) is 0 Å². The number of rotatable bonds is 5. The molecule has 1 aliphatic heterocycles. The van der Waals surface area contributed by atoms with Gasteiger partial charge in [0, 0.05) is 11.3 Å². The zero-order valence-corrected chi connectivity index (χ0v) is 14.2. The summed E-state index contributed by atoms with van der Waals surface area (Å²) in [5, 5.41) is 2.98. The first-order valence-corrected chi connectivity index (χ1v) is 8.63. The molecule has 130 valence electrons. The molecule has 1 atom stereocenters. The first-order valence-electron chi connectivity index (χ1n) is 8.63. The minimum atomic E-state index is -0.350. The van der Waals surface area contributed by atoms with Gasteiger partial charge in [0.05, 0.1) is 12.6 Å². The Labute approximate surface area is 147 Å². The number of piperidine rings is 1. The molecule has 2 aromatic carbocycles. The van der Waals surface area contributed by atoms with Gasteiger partial charge in [0.25, 0.3) is 0 Å². The molecule has 3 N–H and O–H groups in total. The van der Waals surface area contributed by atoms with Crippen LogP contribution in [0.2, 0.25) is 0 Å². The number of carbonyl (C=O) groups is 2. The second-order valence-electron chi connectivity index (χ2n) is 6.34. The number of benzene rings is 2. The van der Waals surface area contributed by atoms with Crippen molar-refractivity contribution >= 4 is 17.5 Å². The maximum atomic E-state index is 12.5. The summed E-state index contributed by atoms with van der Waals surface area (Å²) >= 11 is 0. The molecule has 1 saturated heterocycles. The summed E-state index contributed by atoms with van der Waals surface area (Å²) < 4.78 is 0. The van der Waals surface area contributed by atoms with Gasteiger partial charge < -0.3 is 11.1 Å². The van der Waals surface area contributed by atoms with Crippen LogP contribution in [0.4, 0.5) is 5.69 Å². The van der Waals surface area contributed by atoms with Crippen LogP contribution >= 0.6 is 0 Å². The largest absolute Gasteiger partial charge is 0.368 e. The lowest BCUT2D eigenvalue weighted by Crippen LogP contribution is -2.50. The highest BCUT2D eigenvalue weighted by atomic mass is 16.2. The number of likely N-dealkylation sites (tertiary alicyclic amines) is 1. The number of carbonyl (C=O) groups excluding carboxylic acids is 2. The van der Waals surface area contributed by atoms with Crippen molar-refractivity contribution in [3.8, 4) is 11.1 Å². The number of hydrogen-bond acceptors (Lipinski definition) is 3. The van der Waals surface area contributed by atoms with Gasteiger partial charge in [-0.1, -0.05) is 55.0 Å². The zero-order chi connectivity index (χ0) is 17.6. The zero-order valence-electron chi connectivity index (χ0n) is 14.2. The SMILES string of the molecule is NC(=O)[C@@H]1CCCCN1CC(=O)Nc1ccccc1-c1ccccc1. The van der Waals surface area contributed by atoms with Crippen LogP contribution in [0.25, 0.3) is 11.1 Å². The van der Waals surface area contributed by atoms with Gasteiger partial charge >= 0.3 is 0 Å². The summed E-state index contributed by atoms with van der Waals surface area (Å²) in [7, 11) is 0. The lowest BCUT2D eigenvalue weighted by Gasteiger charge is -2.32. The van der Waals surface area contributed by atoms with Gasteiger partial charge in [0.15, 0.2) is 0 Å². The fourth-order valence-corrected chi connectivity index (χ4v) is 3.34. The van der Waals surface area contributed by atoms with E-state index in [2.05, 4.69) is 5.32 Å². The highest BCUT2D eigenvalue weighted by molar-refractivity contribution is 5.97. The molecule has 5 heteroatoms. The van der Waals surface area contributed by atoms with E-state index < -0.39 is 0 Å². The van der Waals surface area contributed by atoms with Gasteiger partial charge in [0.1, 0.15) is 0 Å². The van der Waals surface area contributed by atoms with E-state index in [1.807, 2.05) is 59.5 Å². The molecule has 1 heterocycles. The summed E-state index contributed by atoms with van der Waals surface area (Å²) in [6.07, 6.45) is 2.68. The predicted octanol–water partition coefficient (Wildman–Crippen LogP) is 2.63. The van der Waals surface area contributed by atoms with Gasteiger partial charge in [-0.2, -0.15) is 0 Å². The van der Waals surface area contributed by atoms with E-state index in [0.717, 1.165) is 42.6 Å². The average molecular weight is 337 g/mol. The fourth-order valence-electron chi connectivity index (χ4n) is 3.34. The van der Waals surface area contributed by atoms with Crippen molar-refractivity contribution < 1.29 is 9.59 Å². The van der Waals surface area contributed by atoms with Crippen LogP contribution in [0, 0.1) is 0 Å². The fraction of sp³-hybridized carbons (Fsp3) is 0.300. The van der Waals surface area contributed by atoms with Gasteiger partial charge in [-0.3, -0.25) is 14.5 Å². The van der Waals surface area contributed by atoms with E-state index in [4.69, 9.17) is 5.73 Å². The molecular formula is C20H23N3O2. The van der Waals surface area contributed by atoms with E-state index >= 15 is 0 Å². The van der Waals surface area contributed by atoms with E-state index in [1.54, 1.807) is 0 Å². The van der Waals surface area contributed by atoms with Crippen LogP contribution in [0.15, 0.2) is 54.6 Å². The Bertz CT molecular complexity index is 746. The third kappa shape index (κ3) is 4.25. The highest BCUT2D eigenvalue weighted by Crippen LogP contribution is 2.27.